The predicted octanol–water partition coefficient (Wildman–Crippen LogP) is 1.76. The molecule has 0 aliphatic heterocycles. The van der Waals surface area contributed by atoms with Crippen LogP contribution in [0.5, 0.6) is 0 Å². The quantitative estimate of drug-likeness (QED) is 0.655. The summed E-state index contributed by atoms with van der Waals surface area (Å²) in [6, 6.07) is 0. The zero-order valence-electron chi connectivity index (χ0n) is 7.15. The maximum Gasteiger partial charge on any atom is 0.221 e. The molecule has 0 atom stereocenters. The van der Waals surface area contributed by atoms with Crippen molar-refractivity contribution in [1.29, 1.82) is 0 Å². The van der Waals surface area contributed by atoms with Gasteiger partial charge < -0.3 is 5.73 Å². The molecule has 0 saturated carbocycles. The third kappa shape index (κ3) is 4.53. The summed E-state index contributed by atoms with van der Waals surface area (Å²) in [6.45, 7) is 5.21. The molecule has 0 aliphatic rings. The molecular formula is C8H14FNO. The fraction of sp³-hybridized carbons (Fsp3) is 0.625. The summed E-state index contributed by atoms with van der Waals surface area (Å²) in [5.41, 5.74) is 4.32. The topological polar surface area (TPSA) is 43.1 Å². The fourth-order valence-corrected chi connectivity index (χ4v) is 0.496. The van der Waals surface area contributed by atoms with Gasteiger partial charge >= 0.3 is 0 Å². The first kappa shape index (κ1) is 10.1. The minimum Gasteiger partial charge on any atom is -0.369 e. The minimum atomic E-state index is -0.518. The Kier molecular flexibility index (Phi) is 3.23. The van der Waals surface area contributed by atoms with E-state index in [1.807, 2.05) is 0 Å². The molecule has 0 aromatic rings. The number of amides is 1. The van der Waals surface area contributed by atoms with Gasteiger partial charge in [0, 0.05) is 11.8 Å². The zero-order valence-corrected chi connectivity index (χ0v) is 7.15. The fourth-order valence-electron chi connectivity index (χ4n) is 0.496. The van der Waals surface area contributed by atoms with Crippen LogP contribution in [0.4, 0.5) is 4.39 Å². The molecule has 0 saturated heterocycles. The Morgan fingerprint density at radius 2 is 2.00 bits per heavy atom. The number of hydrogen-bond acceptors (Lipinski definition) is 1. The van der Waals surface area contributed by atoms with E-state index in [0.717, 1.165) is 0 Å². The van der Waals surface area contributed by atoms with Gasteiger partial charge in [0.05, 0.1) is 0 Å². The lowest BCUT2D eigenvalue weighted by atomic mass is 9.94. The Morgan fingerprint density at radius 1 is 1.55 bits per heavy atom. The highest BCUT2D eigenvalue weighted by molar-refractivity contribution is 5.75. The van der Waals surface area contributed by atoms with Crippen molar-refractivity contribution in [1.82, 2.24) is 0 Å². The van der Waals surface area contributed by atoms with E-state index in [1.54, 1.807) is 20.8 Å². The van der Waals surface area contributed by atoms with E-state index >= 15 is 0 Å². The van der Waals surface area contributed by atoms with Crippen LogP contribution in [-0.2, 0) is 4.79 Å². The molecule has 64 valence electrons. The van der Waals surface area contributed by atoms with Crippen LogP contribution in [0.25, 0.3) is 0 Å². The van der Waals surface area contributed by atoms with Crippen molar-refractivity contribution in [3.05, 3.63) is 11.9 Å². The third-order valence-electron chi connectivity index (χ3n) is 1.20. The maximum absolute atomic E-state index is 12.9. The van der Waals surface area contributed by atoms with Crippen LogP contribution in [0.1, 0.15) is 27.2 Å². The minimum absolute atomic E-state index is 0.0247. The number of primary amides is 1. The van der Waals surface area contributed by atoms with Crippen molar-refractivity contribution in [3.8, 4) is 0 Å². The average Bonchev–Trinajstić information content (AvgIpc) is 1.80. The lowest BCUT2D eigenvalue weighted by Crippen LogP contribution is -2.11. The Bertz CT molecular complexity index is 179. The Morgan fingerprint density at radius 3 is 2.27 bits per heavy atom. The molecule has 0 bridgehead atoms. The van der Waals surface area contributed by atoms with Crippen LogP contribution in [0.3, 0.4) is 0 Å². The summed E-state index contributed by atoms with van der Waals surface area (Å²) < 4.78 is 12.9. The Hall–Kier alpha value is -0.860. The summed E-state index contributed by atoms with van der Waals surface area (Å²) in [7, 11) is 0. The van der Waals surface area contributed by atoms with E-state index in [1.165, 1.54) is 6.08 Å². The maximum atomic E-state index is 12.9. The van der Waals surface area contributed by atoms with E-state index in [4.69, 9.17) is 5.73 Å². The number of nitrogens with two attached hydrogens (primary N) is 1. The first-order chi connectivity index (χ1) is 4.84. The summed E-state index contributed by atoms with van der Waals surface area (Å²) in [4.78, 5) is 10.2. The number of hydrogen-bond donors (Lipinski definition) is 1. The number of carbonyl (C=O) groups excluding carboxylic acids is 1. The Labute approximate surface area is 66.3 Å². The van der Waals surface area contributed by atoms with Crippen LogP contribution in [0.2, 0.25) is 0 Å². The first-order valence-electron chi connectivity index (χ1n) is 3.48. The highest BCUT2D eigenvalue weighted by atomic mass is 19.1. The van der Waals surface area contributed by atoms with Crippen molar-refractivity contribution >= 4 is 5.91 Å². The van der Waals surface area contributed by atoms with Crippen molar-refractivity contribution in [2.45, 2.75) is 27.2 Å². The Balaban J connectivity index is 4.12. The van der Waals surface area contributed by atoms with Crippen molar-refractivity contribution in [2.24, 2.45) is 11.1 Å². The highest BCUT2D eigenvalue weighted by Crippen LogP contribution is 2.25. The standard InChI is InChI=1S/C8H14FNO/c1-8(2,3)6(9)4-5-7(10)11/h4H,5H2,1-3H3,(H2,10,11)/b6-4+. The molecule has 0 rings (SSSR count). The lowest BCUT2D eigenvalue weighted by Gasteiger charge is -2.14. The van der Waals surface area contributed by atoms with Gasteiger partial charge in [0.25, 0.3) is 0 Å². The number of carbonyl (C=O) groups is 1. The third-order valence-corrected chi connectivity index (χ3v) is 1.20. The van der Waals surface area contributed by atoms with Gasteiger partial charge in [-0.15, -0.1) is 0 Å². The summed E-state index contributed by atoms with van der Waals surface area (Å²) in [6.07, 6.45) is 1.20. The molecule has 0 aromatic carbocycles. The van der Waals surface area contributed by atoms with E-state index in [-0.39, 0.29) is 12.2 Å². The van der Waals surface area contributed by atoms with Gasteiger partial charge in [0.2, 0.25) is 5.91 Å². The van der Waals surface area contributed by atoms with Crippen molar-refractivity contribution < 1.29 is 9.18 Å². The average molecular weight is 159 g/mol. The molecule has 2 nitrogen and oxygen atoms in total. The van der Waals surface area contributed by atoms with Gasteiger partial charge in [0.1, 0.15) is 5.83 Å². The molecule has 0 aliphatic carbocycles. The number of allylic oxidation sites excluding steroid dienone is 1. The van der Waals surface area contributed by atoms with Gasteiger partial charge in [-0.05, 0) is 6.08 Å². The van der Waals surface area contributed by atoms with Crippen LogP contribution in [0, 0.1) is 5.41 Å². The SMILES string of the molecule is CC(C)(C)/C(F)=C\CC(N)=O. The molecule has 1 amide bonds. The second kappa shape index (κ2) is 3.51. The van der Waals surface area contributed by atoms with Gasteiger partial charge in [-0.1, -0.05) is 20.8 Å². The van der Waals surface area contributed by atoms with Crippen LogP contribution < -0.4 is 5.73 Å². The van der Waals surface area contributed by atoms with Gasteiger partial charge in [-0.3, -0.25) is 4.79 Å². The van der Waals surface area contributed by atoms with E-state index in [2.05, 4.69) is 0 Å². The number of halogens is 1. The lowest BCUT2D eigenvalue weighted by molar-refractivity contribution is -0.117. The first-order valence-corrected chi connectivity index (χ1v) is 3.48. The molecule has 3 heteroatoms. The van der Waals surface area contributed by atoms with Crippen LogP contribution >= 0.6 is 0 Å². The molecule has 0 unspecified atom stereocenters. The normalized spacial score (nSPS) is 13.3. The second-order valence-electron chi connectivity index (χ2n) is 3.47. The molecule has 11 heavy (non-hydrogen) atoms. The molecular weight excluding hydrogens is 145 g/mol. The van der Waals surface area contributed by atoms with Gasteiger partial charge in [0.15, 0.2) is 0 Å². The highest BCUT2D eigenvalue weighted by Gasteiger charge is 2.16. The molecule has 0 spiro atoms. The zero-order chi connectivity index (χ0) is 9.07. The van der Waals surface area contributed by atoms with E-state index < -0.39 is 11.3 Å². The van der Waals surface area contributed by atoms with Gasteiger partial charge in [-0.25, -0.2) is 4.39 Å². The molecule has 0 heterocycles. The van der Waals surface area contributed by atoms with Gasteiger partial charge in [-0.2, -0.15) is 0 Å². The summed E-state index contributed by atoms with van der Waals surface area (Å²) in [5.74, 6) is -0.805. The largest absolute Gasteiger partial charge is 0.369 e. The van der Waals surface area contributed by atoms with Crippen molar-refractivity contribution in [2.75, 3.05) is 0 Å². The van der Waals surface area contributed by atoms with Crippen LogP contribution in [0.15, 0.2) is 11.9 Å². The van der Waals surface area contributed by atoms with E-state index in [9.17, 15) is 9.18 Å². The molecule has 2 N–H and O–H groups in total. The molecule has 0 aromatic heterocycles. The smallest absolute Gasteiger partial charge is 0.221 e. The van der Waals surface area contributed by atoms with Crippen LogP contribution in [-0.4, -0.2) is 5.91 Å². The predicted molar refractivity (Wildman–Crippen MR) is 42.5 cm³/mol. The monoisotopic (exact) mass is 159 g/mol. The molecule has 0 radical (unpaired) electrons. The summed E-state index contributed by atoms with van der Waals surface area (Å²) >= 11 is 0. The molecule has 0 fully saturated rings. The van der Waals surface area contributed by atoms with E-state index in [0.29, 0.717) is 0 Å². The second-order valence-corrected chi connectivity index (χ2v) is 3.47. The summed E-state index contributed by atoms with van der Waals surface area (Å²) in [5, 5.41) is 0. The number of rotatable bonds is 2. The van der Waals surface area contributed by atoms with Crippen molar-refractivity contribution in [3.63, 3.8) is 0 Å².